The molecule has 0 N–H and O–H groups in total. The molecule has 0 saturated heterocycles. The molecule has 0 bridgehead atoms. The van der Waals surface area contributed by atoms with Gasteiger partial charge in [-0.3, -0.25) is 0 Å². The Hall–Kier alpha value is -2.71. The maximum atomic E-state index is 12.2. The van der Waals surface area contributed by atoms with Crippen LogP contribution in [0.3, 0.4) is 0 Å². The molecule has 0 radical (unpaired) electrons. The van der Waals surface area contributed by atoms with E-state index in [1.165, 1.54) is 6.07 Å². The van der Waals surface area contributed by atoms with E-state index >= 15 is 0 Å². The number of halogens is 1. The van der Waals surface area contributed by atoms with Crippen molar-refractivity contribution in [2.75, 3.05) is 13.2 Å². The van der Waals surface area contributed by atoms with Crippen LogP contribution in [0.25, 0.3) is 0 Å². The van der Waals surface area contributed by atoms with Crippen LogP contribution in [-0.2, 0) is 11.3 Å². The van der Waals surface area contributed by atoms with Gasteiger partial charge in [-0.25, -0.2) is 4.79 Å². The second-order valence-electron chi connectivity index (χ2n) is 4.83. The van der Waals surface area contributed by atoms with Crippen LogP contribution in [0.1, 0.15) is 21.5 Å². The van der Waals surface area contributed by atoms with Crippen molar-refractivity contribution in [2.24, 2.45) is 0 Å². The van der Waals surface area contributed by atoms with Gasteiger partial charge in [0.1, 0.15) is 19.8 Å². The normalized spacial score (nSPS) is 12.3. The molecule has 0 atom stereocenters. The summed E-state index contributed by atoms with van der Waals surface area (Å²) >= 11 is 6.10. The molecule has 5 nitrogen and oxygen atoms in total. The fraction of sp³-hybridized carbons (Fsp3) is 0.176. The van der Waals surface area contributed by atoms with Crippen LogP contribution in [0.4, 0.5) is 0 Å². The van der Waals surface area contributed by atoms with Gasteiger partial charge in [-0.05, 0) is 18.2 Å². The molecule has 116 valence electrons. The van der Waals surface area contributed by atoms with Crippen LogP contribution in [0, 0.1) is 11.3 Å². The van der Waals surface area contributed by atoms with Gasteiger partial charge in [0.05, 0.1) is 22.2 Å². The third kappa shape index (κ3) is 3.22. The average molecular weight is 330 g/mol. The zero-order chi connectivity index (χ0) is 16.2. The summed E-state index contributed by atoms with van der Waals surface area (Å²) in [6.45, 7) is 0.827. The third-order valence-electron chi connectivity index (χ3n) is 3.33. The van der Waals surface area contributed by atoms with E-state index < -0.39 is 5.97 Å². The van der Waals surface area contributed by atoms with Crippen molar-refractivity contribution in [2.45, 2.75) is 6.61 Å². The Morgan fingerprint density at radius 1 is 1.26 bits per heavy atom. The monoisotopic (exact) mass is 329 g/mol. The molecule has 6 heteroatoms. The van der Waals surface area contributed by atoms with Gasteiger partial charge in [0.15, 0.2) is 11.5 Å². The Morgan fingerprint density at radius 3 is 2.87 bits per heavy atom. The van der Waals surface area contributed by atoms with Gasteiger partial charge in [-0.15, -0.1) is 0 Å². The third-order valence-corrected chi connectivity index (χ3v) is 3.61. The first-order valence-corrected chi connectivity index (χ1v) is 7.31. The minimum atomic E-state index is -0.545. The highest BCUT2D eigenvalue weighted by Crippen LogP contribution is 2.38. The molecule has 2 aromatic carbocycles. The van der Waals surface area contributed by atoms with Crippen LogP contribution in [0.15, 0.2) is 36.4 Å². The molecular formula is C17H12ClNO4. The lowest BCUT2D eigenvalue weighted by molar-refractivity contribution is 0.0471. The van der Waals surface area contributed by atoms with E-state index in [2.05, 4.69) is 6.07 Å². The number of nitriles is 1. The predicted molar refractivity (Wildman–Crippen MR) is 82.7 cm³/mol. The van der Waals surface area contributed by atoms with Crippen LogP contribution < -0.4 is 9.47 Å². The van der Waals surface area contributed by atoms with E-state index in [9.17, 15) is 4.79 Å². The van der Waals surface area contributed by atoms with E-state index in [-0.39, 0.29) is 12.2 Å². The zero-order valence-corrected chi connectivity index (χ0v) is 12.8. The summed E-state index contributed by atoms with van der Waals surface area (Å²) in [6, 6.07) is 12.0. The lowest BCUT2D eigenvalue weighted by atomic mass is 10.1. The Kier molecular flexibility index (Phi) is 4.35. The SMILES string of the molecule is N#Cc1ccccc1COC(=O)c1cc(Cl)c2c(c1)OCCO2. The molecule has 2 aromatic rings. The molecule has 0 amide bonds. The summed E-state index contributed by atoms with van der Waals surface area (Å²) < 4.78 is 16.1. The van der Waals surface area contributed by atoms with E-state index in [4.69, 9.17) is 31.1 Å². The maximum Gasteiger partial charge on any atom is 0.338 e. The van der Waals surface area contributed by atoms with Gasteiger partial charge in [0, 0.05) is 5.56 Å². The number of carbonyl (C=O) groups is 1. The number of fused-ring (bicyclic) bond motifs is 1. The second-order valence-corrected chi connectivity index (χ2v) is 5.23. The molecule has 1 aliphatic heterocycles. The minimum Gasteiger partial charge on any atom is -0.486 e. The summed E-state index contributed by atoms with van der Waals surface area (Å²) in [7, 11) is 0. The Balaban J connectivity index is 1.76. The van der Waals surface area contributed by atoms with Gasteiger partial charge in [-0.1, -0.05) is 29.8 Å². The fourth-order valence-electron chi connectivity index (χ4n) is 2.21. The van der Waals surface area contributed by atoms with Crippen LogP contribution >= 0.6 is 11.6 Å². The van der Waals surface area contributed by atoms with Crippen molar-refractivity contribution in [3.8, 4) is 17.6 Å². The molecule has 1 aliphatic rings. The molecule has 0 spiro atoms. The molecule has 3 rings (SSSR count). The van der Waals surface area contributed by atoms with Crippen molar-refractivity contribution in [1.82, 2.24) is 0 Å². The molecule has 0 aliphatic carbocycles. The molecule has 0 aromatic heterocycles. The van der Waals surface area contributed by atoms with E-state index in [0.717, 1.165) is 0 Å². The average Bonchev–Trinajstić information content (AvgIpc) is 2.59. The molecule has 0 fully saturated rings. The summed E-state index contributed by atoms with van der Waals surface area (Å²) in [5.41, 5.74) is 1.39. The number of hydrogen-bond donors (Lipinski definition) is 0. The first-order valence-electron chi connectivity index (χ1n) is 6.93. The largest absolute Gasteiger partial charge is 0.486 e. The number of benzene rings is 2. The first kappa shape index (κ1) is 15.2. The topological polar surface area (TPSA) is 68.5 Å². The first-order chi connectivity index (χ1) is 11.2. The molecular weight excluding hydrogens is 318 g/mol. The van der Waals surface area contributed by atoms with Crippen molar-refractivity contribution < 1.29 is 19.0 Å². The van der Waals surface area contributed by atoms with Crippen LogP contribution in [0.5, 0.6) is 11.5 Å². The summed E-state index contributed by atoms with van der Waals surface area (Å²) in [4.78, 5) is 12.2. The summed E-state index contributed by atoms with van der Waals surface area (Å²) in [5, 5.41) is 9.33. The van der Waals surface area contributed by atoms with Crippen molar-refractivity contribution in [3.05, 3.63) is 58.1 Å². The highest BCUT2D eigenvalue weighted by atomic mass is 35.5. The van der Waals surface area contributed by atoms with E-state index in [1.54, 1.807) is 30.3 Å². The summed E-state index contributed by atoms with van der Waals surface area (Å²) in [6.07, 6.45) is 0. The fourth-order valence-corrected chi connectivity index (χ4v) is 2.48. The minimum absolute atomic E-state index is 0.00856. The Bertz CT molecular complexity index is 798. The zero-order valence-electron chi connectivity index (χ0n) is 12.0. The highest BCUT2D eigenvalue weighted by Gasteiger charge is 2.20. The number of ether oxygens (including phenoxy) is 3. The lowest BCUT2D eigenvalue weighted by Crippen LogP contribution is -2.16. The van der Waals surface area contributed by atoms with E-state index in [0.29, 0.717) is 40.9 Å². The predicted octanol–water partition coefficient (Wildman–Crippen LogP) is 3.34. The van der Waals surface area contributed by atoms with Gasteiger partial charge in [0.2, 0.25) is 0 Å². The highest BCUT2D eigenvalue weighted by molar-refractivity contribution is 6.32. The lowest BCUT2D eigenvalue weighted by Gasteiger charge is -2.20. The van der Waals surface area contributed by atoms with Crippen molar-refractivity contribution >= 4 is 17.6 Å². The molecule has 0 unspecified atom stereocenters. The van der Waals surface area contributed by atoms with Crippen LogP contribution in [0.2, 0.25) is 5.02 Å². The standard InChI is InChI=1S/C17H12ClNO4/c18-14-7-13(8-15-16(14)22-6-5-21-15)17(20)23-10-12-4-2-1-3-11(12)9-19/h1-4,7-8H,5-6,10H2. The number of esters is 1. The van der Waals surface area contributed by atoms with Crippen molar-refractivity contribution in [1.29, 1.82) is 5.26 Å². The smallest absolute Gasteiger partial charge is 0.338 e. The Labute approximate surface area is 138 Å². The maximum absolute atomic E-state index is 12.2. The van der Waals surface area contributed by atoms with Crippen LogP contribution in [-0.4, -0.2) is 19.2 Å². The number of carbonyl (C=O) groups excluding carboxylic acids is 1. The number of nitrogens with zero attached hydrogens (tertiary/aromatic N) is 1. The molecule has 0 saturated carbocycles. The van der Waals surface area contributed by atoms with Gasteiger partial charge in [0.25, 0.3) is 0 Å². The molecule has 23 heavy (non-hydrogen) atoms. The van der Waals surface area contributed by atoms with Crippen molar-refractivity contribution in [3.63, 3.8) is 0 Å². The molecule has 1 heterocycles. The van der Waals surface area contributed by atoms with Gasteiger partial charge in [-0.2, -0.15) is 5.26 Å². The Morgan fingerprint density at radius 2 is 2.04 bits per heavy atom. The van der Waals surface area contributed by atoms with Gasteiger partial charge < -0.3 is 14.2 Å². The van der Waals surface area contributed by atoms with Gasteiger partial charge >= 0.3 is 5.97 Å². The van der Waals surface area contributed by atoms with E-state index in [1.807, 2.05) is 0 Å². The number of rotatable bonds is 3. The second kappa shape index (κ2) is 6.59. The number of hydrogen-bond acceptors (Lipinski definition) is 5. The quantitative estimate of drug-likeness (QED) is 0.808. The summed E-state index contributed by atoms with van der Waals surface area (Å²) in [5.74, 6) is 0.314.